The van der Waals surface area contributed by atoms with Gasteiger partial charge >= 0.3 is 0 Å². The van der Waals surface area contributed by atoms with Gasteiger partial charge in [-0.3, -0.25) is 14.9 Å². The van der Waals surface area contributed by atoms with E-state index in [1.807, 2.05) is 78.9 Å². The predicted octanol–water partition coefficient (Wildman–Crippen LogP) is 4.50. The summed E-state index contributed by atoms with van der Waals surface area (Å²) in [5.41, 5.74) is 3.92. The molecule has 0 aliphatic carbocycles. The third-order valence-electron chi connectivity index (χ3n) is 5.51. The van der Waals surface area contributed by atoms with Crippen LogP contribution in [0.5, 0.6) is 0 Å². The zero-order valence-corrected chi connectivity index (χ0v) is 20.0. The smallest absolute Gasteiger partial charge is 0.243 e. The number of nitrogens with zero attached hydrogens (tertiary/aromatic N) is 4. The monoisotopic (exact) mass is 472 g/mol. The van der Waals surface area contributed by atoms with Gasteiger partial charge in [-0.2, -0.15) is 4.31 Å². The number of aromatic nitrogens is 2. The second kappa shape index (κ2) is 11.2. The zero-order chi connectivity index (χ0) is 23.8. The van der Waals surface area contributed by atoms with Gasteiger partial charge in [0.15, 0.2) is 0 Å². The maximum atomic E-state index is 13.1. The molecular weight excluding hydrogens is 444 g/mol. The third-order valence-corrected chi connectivity index (χ3v) is 7.33. The predicted molar refractivity (Wildman–Crippen MR) is 133 cm³/mol. The molecule has 4 aromatic rings. The molecule has 0 saturated heterocycles. The van der Waals surface area contributed by atoms with E-state index in [-0.39, 0.29) is 4.90 Å². The lowest BCUT2D eigenvalue weighted by atomic mass is 10.2. The SMILES string of the molecule is CN(Cc1ccccc1)S(=O)(=O)c1ccc(CN(Cc2ccccn2)Cc2ccccn2)cc1. The van der Waals surface area contributed by atoms with Gasteiger partial charge < -0.3 is 0 Å². The molecule has 0 spiro atoms. The van der Waals surface area contributed by atoms with Crippen molar-refractivity contribution in [2.75, 3.05) is 7.05 Å². The normalized spacial score (nSPS) is 11.7. The largest absolute Gasteiger partial charge is 0.287 e. The highest BCUT2D eigenvalue weighted by Gasteiger charge is 2.21. The average Bonchev–Trinajstić information content (AvgIpc) is 2.86. The van der Waals surface area contributed by atoms with Crippen molar-refractivity contribution >= 4 is 10.0 Å². The van der Waals surface area contributed by atoms with Gasteiger partial charge in [0.05, 0.1) is 16.3 Å². The lowest BCUT2D eigenvalue weighted by molar-refractivity contribution is 0.241. The Morgan fingerprint density at radius 1 is 0.618 bits per heavy atom. The molecule has 4 rings (SSSR count). The van der Waals surface area contributed by atoms with E-state index >= 15 is 0 Å². The topological polar surface area (TPSA) is 66.4 Å². The van der Waals surface area contributed by atoms with E-state index < -0.39 is 10.0 Å². The number of hydrogen-bond donors (Lipinski definition) is 0. The average molecular weight is 473 g/mol. The van der Waals surface area contributed by atoms with E-state index in [4.69, 9.17) is 0 Å². The molecule has 0 aliphatic heterocycles. The maximum Gasteiger partial charge on any atom is 0.243 e. The number of rotatable bonds is 10. The second-order valence-electron chi connectivity index (χ2n) is 8.18. The maximum absolute atomic E-state index is 13.1. The molecule has 0 amide bonds. The second-order valence-corrected chi connectivity index (χ2v) is 10.2. The summed E-state index contributed by atoms with van der Waals surface area (Å²) in [7, 11) is -1.97. The van der Waals surface area contributed by atoms with Crippen molar-refractivity contribution in [2.45, 2.75) is 31.1 Å². The van der Waals surface area contributed by atoms with E-state index in [0.29, 0.717) is 26.2 Å². The van der Waals surface area contributed by atoms with Gasteiger partial charge in [-0.1, -0.05) is 54.6 Å². The molecule has 6 nitrogen and oxygen atoms in total. The minimum atomic E-state index is -3.58. The molecular formula is C27H28N4O2S. The van der Waals surface area contributed by atoms with Gasteiger partial charge in [0, 0.05) is 45.6 Å². The molecule has 2 aromatic carbocycles. The fraction of sp³-hybridized carbons (Fsp3) is 0.185. The van der Waals surface area contributed by atoms with Gasteiger partial charge in [-0.05, 0) is 47.5 Å². The van der Waals surface area contributed by atoms with Crippen LogP contribution in [0.2, 0.25) is 0 Å². The van der Waals surface area contributed by atoms with Gasteiger partial charge in [0.25, 0.3) is 0 Å². The minimum absolute atomic E-state index is 0.288. The molecule has 34 heavy (non-hydrogen) atoms. The molecule has 0 N–H and O–H groups in total. The summed E-state index contributed by atoms with van der Waals surface area (Å²) in [5, 5.41) is 0. The highest BCUT2D eigenvalue weighted by Crippen LogP contribution is 2.19. The van der Waals surface area contributed by atoms with E-state index in [1.165, 1.54) is 4.31 Å². The van der Waals surface area contributed by atoms with Crippen molar-refractivity contribution in [3.05, 3.63) is 126 Å². The van der Waals surface area contributed by atoms with Crippen LogP contribution in [-0.4, -0.2) is 34.6 Å². The summed E-state index contributed by atoms with van der Waals surface area (Å²) in [5.74, 6) is 0. The van der Waals surface area contributed by atoms with Crippen LogP contribution in [0.1, 0.15) is 22.5 Å². The highest BCUT2D eigenvalue weighted by molar-refractivity contribution is 7.89. The van der Waals surface area contributed by atoms with Crippen LogP contribution in [0.25, 0.3) is 0 Å². The van der Waals surface area contributed by atoms with Gasteiger partial charge in [-0.25, -0.2) is 8.42 Å². The summed E-state index contributed by atoms with van der Waals surface area (Å²) >= 11 is 0. The number of hydrogen-bond acceptors (Lipinski definition) is 5. The Balaban J connectivity index is 1.48. The van der Waals surface area contributed by atoms with E-state index in [2.05, 4.69) is 14.9 Å². The van der Waals surface area contributed by atoms with Crippen molar-refractivity contribution in [3.8, 4) is 0 Å². The molecule has 2 heterocycles. The molecule has 7 heteroatoms. The van der Waals surface area contributed by atoms with Crippen LogP contribution < -0.4 is 0 Å². The fourth-order valence-electron chi connectivity index (χ4n) is 3.74. The Hall–Kier alpha value is -3.39. The summed E-state index contributed by atoms with van der Waals surface area (Å²) in [6.07, 6.45) is 3.58. The summed E-state index contributed by atoms with van der Waals surface area (Å²) in [6, 6.07) is 28.5. The van der Waals surface area contributed by atoms with Crippen molar-refractivity contribution in [1.82, 2.24) is 19.2 Å². The Bertz CT molecular complexity index is 1230. The fourth-order valence-corrected chi connectivity index (χ4v) is 4.90. The minimum Gasteiger partial charge on any atom is -0.287 e. The number of pyridine rings is 2. The van der Waals surface area contributed by atoms with E-state index in [1.54, 1.807) is 31.6 Å². The summed E-state index contributed by atoms with van der Waals surface area (Å²) in [4.78, 5) is 11.4. The van der Waals surface area contributed by atoms with Crippen LogP contribution in [0.15, 0.2) is 108 Å². The van der Waals surface area contributed by atoms with Crippen molar-refractivity contribution in [1.29, 1.82) is 0 Å². The van der Waals surface area contributed by atoms with Gasteiger partial charge in [0.2, 0.25) is 10.0 Å². The number of sulfonamides is 1. The van der Waals surface area contributed by atoms with Crippen molar-refractivity contribution < 1.29 is 8.42 Å². The Morgan fingerprint density at radius 3 is 1.68 bits per heavy atom. The molecule has 0 aliphatic rings. The summed E-state index contributed by atoms with van der Waals surface area (Å²) < 4.78 is 27.5. The molecule has 0 saturated carbocycles. The zero-order valence-electron chi connectivity index (χ0n) is 19.2. The first-order valence-electron chi connectivity index (χ1n) is 11.1. The van der Waals surface area contributed by atoms with Crippen LogP contribution in [0, 0.1) is 0 Å². The quantitative estimate of drug-likeness (QED) is 0.340. The first-order chi connectivity index (χ1) is 16.5. The molecule has 0 radical (unpaired) electrons. The van der Waals surface area contributed by atoms with Gasteiger partial charge in [0.1, 0.15) is 0 Å². The van der Waals surface area contributed by atoms with Crippen molar-refractivity contribution in [2.24, 2.45) is 0 Å². The van der Waals surface area contributed by atoms with E-state index in [0.717, 1.165) is 22.5 Å². The van der Waals surface area contributed by atoms with Crippen LogP contribution in [-0.2, 0) is 36.2 Å². The first-order valence-corrected chi connectivity index (χ1v) is 12.6. The van der Waals surface area contributed by atoms with Crippen LogP contribution in [0.4, 0.5) is 0 Å². The molecule has 2 aromatic heterocycles. The number of benzene rings is 2. The first kappa shape index (κ1) is 23.8. The molecule has 174 valence electrons. The van der Waals surface area contributed by atoms with Gasteiger partial charge in [-0.15, -0.1) is 0 Å². The standard InChI is InChI=1S/C27H28N4O2S/c1-30(19-23-9-3-2-4-10-23)34(32,33)27-15-13-24(14-16-27)20-31(21-25-11-5-7-17-28-25)22-26-12-6-8-18-29-26/h2-18H,19-22H2,1H3. The lowest BCUT2D eigenvalue weighted by Gasteiger charge is -2.22. The summed E-state index contributed by atoms with van der Waals surface area (Å²) in [6.45, 7) is 2.30. The molecule has 0 unspecified atom stereocenters. The molecule has 0 atom stereocenters. The highest BCUT2D eigenvalue weighted by atomic mass is 32.2. The van der Waals surface area contributed by atoms with Crippen molar-refractivity contribution in [3.63, 3.8) is 0 Å². The third kappa shape index (κ3) is 6.35. The Labute approximate surface area is 201 Å². The van der Waals surface area contributed by atoms with Crippen LogP contribution in [0.3, 0.4) is 0 Å². The molecule has 0 bridgehead atoms. The Morgan fingerprint density at radius 2 is 1.15 bits per heavy atom. The Kier molecular flexibility index (Phi) is 7.80. The van der Waals surface area contributed by atoms with E-state index in [9.17, 15) is 8.42 Å². The molecule has 0 fully saturated rings. The lowest BCUT2D eigenvalue weighted by Crippen LogP contribution is -2.26. The van der Waals surface area contributed by atoms with Crippen LogP contribution >= 0.6 is 0 Å².